The maximum absolute atomic E-state index is 11.6. The molecule has 0 spiro atoms. The van der Waals surface area contributed by atoms with Crippen LogP contribution >= 0.6 is 7.49 Å². The molecule has 1 aromatic carbocycles. The molecule has 1 aromatic rings. The van der Waals surface area contributed by atoms with E-state index < -0.39 is 7.49 Å². The van der Waals surface area contributed by atoms with Gasteiger partial charge in [0.2, 0.25) is 0 Å². The molecule has 2 rings (SSSR count). The molecule has 0 aromatic heterocycles. The monoisotopic (exact) mass is 383 g/mol. The van der Waals surface area contributed by atoms with Crippen molar-refractivity contribution >= 4 is 26.2 Å². The Morgan fingerprint density at radius 2 is 1.62 bits per heavy atom. The van der Waals surface area contributed by atoms with Crippen molar-refractivity contribution in [3.8, 4) is 5.75 Å². The number of amides is 1. The number of carbonyl (C=O) groups is 1. The van der Waals surface area contributed by atoms with Crippen LogP contribution in [0.15, 0.2) is 24.3 Å². The van der Waals surface area contributed by atoms with Gasteiger partial charge in [0, 0.05) is 0 Å². The Labute approximate surface area is 157 Å². The summed E-state index contributed by atoms with van der Waals surface area (Å²) in [7, 11) is -2.24. The van der Waals surface area contributed by atoms with Gasteiger partial charge >= 0.3 is 118 Å². The number of nitrogens with one attached hydrogen (secondary N) is 1. The molecule has 1 N–H and O–H groups in total. The zero-order chi connectivity index (χ0) is 19.6. The Balaban J connectivity index is 1.79. The van der Waals surface area contributed by atoms with E-state index in [1.807, 2.05) is 72.0 Å². The van der Waals surface area contributed by atoms with Crippen molar-refractivity contribution in [3.05, 3.63) is 24.3 Å². The first-order chi connectivity index (χ1) is 11.9. The first-order valence-corrected chi connectivity index (χ1v) is 12.4. The van der Waals surface area contributed by atoms with Gasteiger partial charge in [0.1, 0.15) is 0 Å². The fraction of sp³-hybridized carbons (Fsp3) is 0.611. The van der Waals surface area contributed by atoms with E-state index in [1.54, 1.807) is 0 Å². The minimum absolute atomic E-state index is 0.358. The Morgan fingerprint density at radius 3 is 2.12 bits per heavy atom. The second-order valence-electron chi connectivity index (χ2n) is 8.43. The van der Waals surface area contributed by atoms with Crippen molar-refractivity contribution in [2.24, 2.45) is 0 Å². The summed E-state index contributed by atoms with van der Waals surface area (Å²) in [5, 5.41) is 2.69. The Morgan fingerprint density at radius 1 is 1.08 bits per heavy atom. The summed E-state index contributed by atoms with van der Waals surface area (Å²) < 4.78 is 23.0. The van der Waals surface area contributed by atoms with E-state index >= 15 is 0 Å². The number of carbonyl (C=O) groups excluding carboxylic acids is 1. The van der Waals surface area contributed by atoms with E-state index in [0.29, 0.717) is 13.2 Å². The molecule has 0 unspecified atom stereocenters. The topological polar surface area (TPSA) is 66.0 Å². The standard InChI is InChI=1S/C18H31BNO5P/c1-17(2)18(3,4)25-19(24-17)14-8-10-15(11-9-14)22-13-12-20-16(21)23-26(5,6)7/h8-11,26H,12-13H2,1-7H3,(H,20,21). The number of ether oxygens (including phenoxy) is 1. The SMILES string of the molecule is CC1(C)OB(c2ccc(OCCNC(=O)O[PH](C)(C)C)cc2)OC1(C)C. The van der Waals surface area contributed by atoms with Crippen LogP contribution in [0.1, 0.15) is 27.7 Å². The predicted molar refractivity (Wildman–Crippen MR) is 108 cm³/mol. The quantitative estimate of drug-likeness (QED) is 0.465. The summed E-state index contributed by atoms with van der Waals surface area (Å²) in [6.07, 6.45) is -0.385. The van der Waals surface area contributed by atoms with E-state index in [2.05, 4.69) is 5.32 Å². The summed E-state index contributed by atoms with van der Waals surface area (Å²) in [5.41, 5.74) is 0.235. The zero-order valence-electron chi connectivity index (χ0n) is 16.8. The average molecular weight is 383 g/mol. The van der Waals surface area contributed by atoms with Crippen LogP contribution in [-0.4, -0.2) is 57.6 Å². The molecule has 1 amide bonds. The second-order valence-corrected chi connectivity index (χ2v) is 12.9. The number of rotatable bonds is 6. The molecule has 0 aliphatic carbocycles. The third-order valence-corrected chi connectivity index (χ3v) is 5.24. The van der Waals surface area contributed by atoms with Gasteiger partial charge in [-0.05, 0) is 27.7 Å². The Kier molecular flexibility index (Phi) is 6.26. The molecule has 1 fully saturated rings. The summed E-state index contributed by atoms with van der Waals surface area (Å²) in [6.45, 7) is 14.8. The van der Waals surface area contributed by atoms with Gasteiger partial charge in [-0.1, -0.05) is 0 Å². The molecule has 26 heavy (non-hydrogen) atoms. The first-order valence-electron chi connectivity index (χ1n) is 8.95. The molecule has 146 valence electrons. The number of benzene rings is 1. The molecule has 0 bridgehead atoms. The van der Waals surface area contributed by atoms with E-state index in [1.165, 1.54) is 0 Å². The average Bonchev–Trinajstić information content (AvgIpc) is 2.71. The van der Waals surface area contributed by atoms with Gasteiger partial charge in [-0.3, -0.25) is 0 Å². The Bertz CT molecular complexity index is 611. The first kappa shape index (κ1) is 21.0. The molecule has 0 atom stereocenters. The van der Waals surface area contributed by atoms with Gasteiger partial charge in [-0.2, -0.15) is 0 Å². The Hall–Kier alpha value is -1.30. The van der Waals surface area contributed by atoms with Crippen LogP contribution in [0.25, 0.3) is 0 Å². The predicted octanol–water partition coefficient (Wildman–Crippen LogP) is 2.65. The number of hydrogen-bond acceptors (Lipinski definition) is 5. The molecule has 6 nitrogen and oxygen atoms in total. The van der Waals surface area contributed by atoms with Crippen LogP contribution in [0.2, 0.25) is 0 Å². The molecular formula is C18H31BNO5P. The smallest absolute Gasteiger partial charge is 0.0348 e. The van der Waals surface area contributed by atoms with Crippen molar-refractivity contribution in [3.63, 3.8) is 0 Å². The van der Waals surface area contributed by atoms with Crippen LogP contribution in [0.4, 0.5) is 4.79 Å². The van der Waals surface area contributed by atoms with E-state index in [9.17, 15) is 4.79 Å². The fourth-order valence-corrected chi connectivity index (χ4v) is 2.96. The molecule has 1 heterocycles. The zero-order valence-corrected chi connectivity index (χ0v) is 17.8. The molecule has 8 heteroatoms. The van der Waals surface area contributed by atoms with E-state index in [4.69, 9.17) is 18.6 Å². The van der Waals surface area contributed by atoms with Crippen molar-refractivity contribution in [2.45, 2.75) is 38.9 Å². The summed E-state index contributed by atoms with van der Waals surface area (Å²) >= 11 is 0. The molecule has 0 saturated carbocycles. The third kappa shape index (κ3) is 5.60. The minimum atomic E-state index is -1.86. The van der Waals surface area contributed by atoms with Crippen LogP contribution < -0.4 is 15.5 Å². The van der Waals surface area contributed by atoms with Crippen LogP contribution in [0, 0.1) is 0 Å². The van der Waals surface area contributed by atoms with Gasteiger partial charge in [-0.25, -0.2) is 0 Å². The van der Waals surface area contributed by atoms with Gasteiger partial charge in [0.15, 0.2) is 0 Å². The van der Waals surface area contributed by atoms with E-state index in [-0.39, 0.29) is 24.4 Å². The van der Waals surface area contributed by atoms with Crippen molar-refractivity contribution in [1.29, 1.82) is 0 Å². The molecule has 1 aliphatic heterocycles. The summed E-state index contributed by atoms with van der Waals surface area (Å²) in [4.78, 5) is 11.6. The van der Waals surface area contributed by atoms with Gasteiger partial charge in [0.05, 0.1) is 11.2 Å². The second kappa shape index (κ2) is 7.75. The molecular weight excluding hydrogens is 352 g/mol. The fourth-order valence-electron chi connectivity index (χ4n) is 2.34. The van der Waals surface area contributed by atoms with Gasteiger partial charge < -0.3 is 0 Å². The van der Waals surface area contributed by atoms with Gasteiger partial charge in [-0.15, -0.1) is 0 Å². The van der Waals surface area contributed by atoms with Crippen molar-refractivity contribution in [1.82, 2.24) is 5.32 Å². The molecule has 0 radical (unpaired) electrons. The summed E-state index contributed by atoms with van der Waals surface area (Å²) in [6, 6.07) is 7.62. The molecule has 1 saturated heterocycles. The number of hydrogen-bond donors (Lipinski definition) is 1. The van der Waals surface area contributed by atoms with Gasteiger partial charge in [0.25, 0.3) is 0 Å². The molecule has 1 aliphatic rings. The third-order valence-electron chi connectivity index (χ3n) is 4.44. The summed E-state index contributed by atoms with van der Waals surface area (Å²) in [5.74, 6) is 0.727. The maximum atomic E-state index is 11.6. The van der Waals surface area contributed by atoms with Crippen LogP contribution in [0.3, 0.4) is 0 Å². The van der Waals surface area contributed by atoms with Crippen molar-refractivity contribution < 1.29 is 23.4 Å². The van der Waals surface area contributed by atoms with Crippen LogP contribution in [-0.2, 0) is 13.8 Å². The minimum Gasteiger partial charge on any atom is -0.0348 e. The van der Waals surface area contributed by atoms with E-state index in [0.717, 1.165) is 11.2 Å². The van der Waals surface area contributed by atoms with Crippen molar-refractivity contribution in [2.75, 3.05) is 33.1 Å². The normalized spacial score (nSPS) is 19.1. The van der Waals surface area contributed by atoms with Crippen LogP contribution in [0.5, 0.6) is 5.75 Å².